The van der Waals surface area contributed by atoms with Crippen LogP contribution in [0.3, 0.4) is 0 Å². The van der Waals surface area contributed by atoms with Crippen LogP contribution in [-0.2, 0) is 26.2 Å². The van der Waals surface area contributed by atoms with Crippen LogP contribution in [0.4, 0.5) is 5.69 Å². The summed E-state index contributed by atoms with van der Waals surface area (Å²) in [5.41, 5.74) is 1.49. The topological polar surface area (TPSA) is 86.8 Å². The largest absolute Gasteiger partial charge is 0.352 e. The molecular weight excluding hydrogens is 533 g/mol. The monoisotopic (exact) mass is 561 g/mol. The van der Waals surface area contributed by atoms with Gasteiger partial charge in [-0.05, 0) is 62.6 Å². The second kappa shape index (κ2) is 12.3. The van der Waals surface area contributed by atoms with Crippen molar-refractivity contribution in [2.75, 3.05) is 17.1 Å². The number of nitrogens with one attached hydrogen (secondary N) is 1. The Morgan fingerprint density at radius 3 is 2.17 bits per heavy atom. The molecule has 192 valence electrons. The Morgan fingerprint density at radius 1 is 1.03 bits per heavy atom. The molecule has 0 aliphatic heterocycles. The molecule has 0 bridgehead atoms. The van der Waals surface area contributed by atoms with Crippen molar-refractivity contribution in [1.82, 2.24) is 10.2 Å². The van der Waals surface area contributed by atoms with Crippen LogP contribution in [0.1, 0.15) is 38.3 Å². The number of anilines is 1. The number of aryl methyl sites for hydroxylation is 1. The minimum Gasteiger partial charge on any atom is -0.352 e. The van der Waals surface area contributed by atoms with E-state index in [1.807, 2.05) is 13.8 Å². The molecule has 2 aromatic carbocycles. The van der Waals surface area contributed by atoms with Crippen LogP contribution in [-0.4, -0.2) is 50.0 Å². The fourth-order valence-electron chi connectivity index (χ4n) is 3.58. The van der Waals surface area contributed by atoms with E-state index in [4.69, 9.17) is 34.8 Å². The molecule has 0 aromatic heterocycles. The maximum absolute atomic E-state index is 13.7. The van der Waals surface area contributed by atoms with Gasteiger partial charge >= 0.3 is 0 Å². The average Bonchev–Trinajstić information content (AvgIpc) is 2.73. The van der Waals surface area contributed by atoms with Gasteiger partial charge in [0.2, 0.25) is 21.8 Å². The van der Waals surface area contributed by atoms with Crippen LogP contribution < -0.4 is 9.62 Å². The highest BCUT2D eigenvalue weighted by atomic mass is 35.5. The molecule has 0 radical (unpaired) electrons. The second-order valence-electron chi connectivity index (χ2n) is 8.55. The number of benzene rings is 2. The quantitative estimate of drug-likeness (QED) is 0.439. The molecule has 2 rings (SSSR count). The fraction of sp³-hybridized carbons (Fsp3) is 0.417. The zero-order valence-corrected chi connectivity index (χ0v) is 23.4. The van der Waals surface area contributed by atoms with Crippen molar-refractivity contribution in [1.29, 1.82) is 0 Å². The Labute approximate surface area is 222 Å². The minimum atomic E-state index is -3.86. The number of carbonyl (C=O) groups is 2. The summed E-state index contributed by atoms with van der Waals surface area (Å²) in [4.78, 5) is 28.0. The molecule has 0 unspecified atom stereocenters. The van der Waals surface area contributed by atoms with Crippen LogP contribution in [0.25, 0.3) is 0 Å². The predicted molar refractivity (Wildman–Crippen MR) is 143 cm³/mol. The molecule has 1 atom stereocenters. The number of hydrogen-bond acceptors (Lipinski definition) is 4. The Morgan fingerprint density at radius 2 is 1.63 bits per heavy atom. The van der Waals surface area contributed by atoms with Gasteiger partial charge in [-0.2, -0.15) is 0 Å². The molecule has 0 fully saturated rings. The first-order valence-electron chi connectivity index (χ1n) is 11.0. The smallest absolute Gasteiger partial charge is 0.244 e. The predicted octanol–water partition coefficient (Wildman–Crippen LogP) is 5.05. The zero-order valence-electron chi connectivity index (χ0n) is 20.3. The van der Waals surface area contributed by atoms with E-state index in [0.717, 1.165) is 10.6 Å². The third-order valence-electron chi connectivity index (χ3n) is 5.29. The van der Waals surface area contributed by atoms with Crippen LogP contribution in [0.15, 0.2) is 36.4 Å². The van der Waals surface area contributed by atoms with E-state index in [0.29, 0.717) is 32.6 Å². The van der Waals surface area contributed by atoms with E-state index in [1.54, 1.807) is 44.2 Å². The Hall–Kier alpha value is -2.00. The van der Waals surface area contributed by atoms with E-state index in [1.165, 1.54) is 11.0 Å². The third kappa shape index (κ3) is 8.00. The highest BCUT2D eigenvalue weighted by Gasteiger charge is 2.32. The van der Waals surface area contributed by atoms with Crippen LogP contribution in [0.2, 0.25) is 15.1 Å². The minimum absolute atomic E-state index is 0.00894. The van der Waals surface area contributed by atoms with Gasteiger partial charge in [0, 0.05) is 27.7 Å². The Balaban J connectivity index is 2.52. The lowest BCUT2D eigenvalue weighted by Gasteiger charge is -2.33. The molecule has 11 heteroatoms. The molecule has 1 N–H and O–H groups in total. The summed E-state index contributed by atoms with van der Waals surface area (Å²) in [6, 6.07) is 8.68. The lowest BCUT2D eigenvalue weighted by molar-refractivity contribution is -0.140. The summed E-state index contributed by atoms with van der Waals surface area (Å²) in [6.45, 7) is 6.62. The summed E-state index contributed by atoms with van der Waals surface area (Å²) in [7, 11) is -3.86. The van der Waals surface area contributed by atoms with Crippen molar-refractivity contribution in [3.05, 3.63) is 62.6 Å². The number of hydrogen-bond donors (Lipinski definition) is 1. The summed E-state index contributed by atoms with van der Waals surface area (Å²) in [5.74, 6) is -0.905. The normalized spacial score (nSPS) is 12.4. The summed E-state index contributed by atoms with van der Waals surface area (Å²) in [5, 5.41) is 3.93. The van der Waals surface area contributed by atoms with Gasteiger partial charge in [-0.3, -0.25) is 13.9 Å². The fourth-order valence-corrected chi connectivity index (χ4v) is 5.11. The molecule has 0 saturated carbocycles. The van der Waals surface area contributed by atoms with Crippen molar-refractivity contribution in [3.63, 3.8) is 0 Å². The van der Waals surface area contributed by atoms with Crippen molar-refractivity contribution in [2.45, 2.75) is 52.7 Å². The van der Waals surface area contributed by atoms with Gasteiger partial charge in [-0.25, -0.2) is 8.42 Å². The average molecular weight is 563 g/mol. The highest BCUT2D eigenvalue weighted by molar-refractivity contribution is 7.92. The van der Waals surface area contributed by atoms with Crippen LogP contribution >= 0.6 is 34.8 Å². The van der Waals surface area contributed by atoms with Crippen molar-refractivity contribution in [3.8, 4) is 0 Å². The summed E-state index contributed by atoms with van der Waals surface area (Å²) >= 11 is 18.5. The number of halogens is 3. The van der Waals surface area contributed by atoms with Crippen molar-refractivity contribution < 1.29 is 18.0 Å². The van der Waals surface area contributed by atoms with Crippen molar-refractivity contribution in [2.24, 2.45) is 0 Å². The first kappa shape index (κ1) is 29.2. The van der Waals surface area contributed by atoms with Crippen molar-refractivity contribution >= 4 is 62.3 Å². The lowest BCUT2D eigenvalue weighted by Crippen LogP contribution is -2.53. The second-order valence-corrected chi connectivity index (χ2v) is 11.7. The molecule has 0 saturated heterocycles. The first-order valence-corrected chi connectivity index (χ1v) is 14.0. The Bertz CT molecular complexity index is 1190. The zero-order chi connectivity index (χ0) is 26.5. The first-order chi connectivity index (χ1) is 16.2. The molecule has 2 aromatic rings. The van der Waals surface area contributed by atoms with E-state index in [-0.39, 0.29) is 24.2 Å². The van der Waals surface area contributed by atoms with Gasteiger partial charge in [0.15, 0.2) is 0 Å². The number of sulfonamides is 1. The maximum atomic E-state index is 13.7. The summed E-state index contributed by atoms with van der Waals surface area (Å²) in [6.07, 6.45) is 1.33. The molecule has 0 aliphatic carbocycles. The standard InChI is InChI=1S/C24H30Cl3N3O4S/c1-6-21(24(32)28-15(2)3)29(13-17-8-10-18(25)11-20(17)27)23(31)14-30(35(5,33)34)22-12-19(26)9-7-16(22)4/h7-12,15,21H,6,13-14H2,1-5H3,(H,28,32)/t21-/m0/s1. The molecule has 0 heterocycles. The van der Waals surface area contributed by atoms with Gasteiger partial charge in [-0.1, -0.05) is 53.9 Å². The van der Waals surface area contributed by atoms with E-state index in [9.17, 15) is 18.0 Å². The van der Waals surface area contributed by atoms with Crippen LogP contribution in [0.5, 0.6) is 0 Å². The van der Waals surface area contributed by atoms with E-state index in [2.05, 4.69) is 5.32 Å². The van der Waals surface area contributed by atoms with Gasteiger partial charge in [0.1, 0.15) is 12.6 Å². The number of carbonyl (C=O) groups excluding carboxylic acids is 2. The molecule has 35 heavy (non-hydrogen) atoms. The van der Waals surface area contributed by atoms with Gasteiger partial charge in [0.05, 0.1) is 11.9 Å². The van der Waals surface area contributed by atoms with Gasteiger partial charge in [-0.15, -0.1) is 0 Å². The highest BCUT2D eigenvalue weighted by Crippen LogP contribution is 2.28. The van der Waals surface area contributed by atoms with Gasteiger partial charge in [0.25, 0.3) is 0 Å². The number of amides is 2. The lowest BCUT2D eigenvalue weighted by atomic mass is 10.1. The third-order valence-corrected chi connectivity index (χ3v) is 7.24. The molecule has 0 spiro atoms. The number of nitrogens with zero attached hydrogens (tertiary/aromatic N) is 2. The molecule has 2 amide bonds. The molecular formula is C24H30Cl3N3O4S. The molecule has 0 aliphatic rings. The maximum Gasteiger partial charge on any atom is 0.244 e. The van der Waals surface area contributed by atoms with Gasteiger partial charge < -0.3 is 10.2 Å². The summed E-state index contributed by atoms with van der Waals surface area (Å²) < 4.78 is 26.4. The molecule has 7 nitrogen and oxygen atoms in total. The van der Waals surface area contributed by atoms with E-state index < -0.39 is 28.5 Å². The van der Waals surface area contributed by atoms with Crippen LogP contribution in [0, 0.1) is 6.92 Å². The van der Waals surface area contributed by atoms with E-state index >= 15 is 0 Å². The Kier molecular flexibility index (Phi) is 10.3. The number of rotatable bonds is 10. The SMILES string of the molecule is CC[C@@H](C(=O)NC(C)C)N(Cc1ccc(Cl)cc1Cl)C(=O)CN(c1cc(Cl)ccc1C)S(C)(=O)=O.